The van der Waals surface area contributed by atoms with E-state index in [2.05, 4.69) is 4.98 Å². The largest absolute Gasteiger partial charge is 0.355 e. The molecule has 0 bridgehead atoms. The zero-order valence-corrected chi connectivity index (χ0v) is 14.3. The highest BCUT2D eigenvalue weighted by Gasteiger charge is 2.22. The lowest BCUT2D eigenvalue weighted by molar-refractivity contribution is 0.0965. The number of hydrogen-bond acceptors (Lipinski definition) is 4. The summed E-state index contributed by atoms with van der Waals surface area (Å²) in [5, 5.41) is 0. The summed E-state index contributed by atoms with van der Waals surface area (Å²) in [6.45, 7) is 8.91. The van der Waals surface area contributed by atoms with Gasteiger partial charge in [0.1, 0.15) is 0 Å². The summed E-state index contributed by atoms with van der Waals surface area (Å²) in [6.07, 6.45) is 0.594. The van der Waals surface area contributed by atoms with Crippen LogP contribution in [-0.2, 0) is 13.0 Å². The molecule has 5 nitrogen and oxygen atoms in total. The molecule has 2 aromatic rings. The Hall–Kier alpha value is -1.95. The van der Waals surface area contributed by atoms with Crippen molar-refractivity contribution in [1.82, 2.24) is 9.55 Å². The number of thiazole rings is 1. The van der Waals surface area contributed by atoms with E-state index in [4.69, 9.17) is 0 Å². The second-order valence-electron chi connectivity index (χ2n) is 5.41. The van der Waals surface area contributed by atoms with Gasteiger partial charge in [-0.25, -0.2) is 0 Å². The third-order valence-corrected chi connectivity index (χ3v) is 4.95. The Morgan fingerprint density at radius 1 is 1.23 bits per heavy atom. The van der Waals surface area contributed by atoms with Gasteiger partial charge in [0.05, 0.1) is 12.2 Å². The second-order valence-corrected chi connectivity index (χ2v) is 6.57. The van der Waals surface area contributed by atoms with Crippen LogP contribution in [-0.4, -0.2) is 21.1 Å². The van der Waals surface area contributed by atoms with Crippen molar-refractivity contribution in [3.63, 3.8) is 0 Å². The van der Waals surface area contributed by atoms with Crippen molar-refractivity contribution in [3.8, 4) is 0 Å². The van der Waals surface area contributed by atoms with Gasteiger partial charge in [-0.15, -0.1) is 0 Å². The fraction of sp³-hybridized carbons (Fsp3) is 0.438. The van der Waals surface area contributed by atoms with Crippen LogP contribution in [0.3, 0.4) is 0 Å². The van der Waals surface area contributed by atoms with Gasteiger partial charge in [0.2, 0.25) is 0 Å². The third-order valence-electron chi connectivity index (χ3n) is 3.95. The quantitative estimate of drug-likeness (QED) is 0.861. The highest BCUT2D eigenvalue weighted by molar-refractivity contribution is 7.09. The van der Waals surface area contributed by atoms with E-state index in [9.17, 15) is 14.4 Å². The number of carbonyl (C=O) groups is 2. The molecule has 0 spiro atoms. The number of rotatable bonds is 5. The maximum absolute atomic E-state index is 12.6. The molecule has 0 radical (unpaired) electrons. The van der Waals surface area contributed by atoms with Crippen molar-refractivity contribution in [1.29, 1.82) is 0 Å². The normalized spacial score (nSPS) is 11.0. The molecule has 0 fully saturated rings. The molecule has 2 rings (SSSR count). The Balaban J connectivity index is 2.44. The van der Waals surface area contributed by atoms with Crippen molar-refractivity contribution in [2.45, 2.75) is 47.6 Å². The van der Waals surface area contributed by atoms with Gasteiger partial charge in [-0.3, -0.25) is 19.0 Å². The average Bonchev–Trinajstić information content (AvgIpc) is 2.90. The lowest BCUT2D eigenvalue weighted by atomic mass is 10.0. The van der Waals surface area contributed by atoms with Crippen molar-refractivity contribution in [2.24, 2.45) is 0 Å². The predicted molar refractivity (Wildman–Crippen MR) is 87.3 cm³/mol. The van der Waals surface area contributed by atoms with E-state index in [-0.39, 0.29) is 23.0 Å². The molecule has 0 atom stereocenters. The molecule has 0 aliphatic carbocycles. The van der Waals surface area contributed by atoms with Crippen molar-refractivity contribution in [3.05, 3.63) is 42.8 Å². The molecule has 0 aliphatic heterocycles. The highest BCUT2D eigenvalue weighted by atomic mass is 32.1. The number of carbonyl (C=O) groups excluding carboxylic acids is 2. The number of nitrogens with zero attached hydrogens (tertiary/aromatic N) is 1. The number of aryl methyl sites for hydroxylation is 2. The minimum atomic E-state index is -0.171. The van der Waals surface area contributed by atoms with Crippen LogP contribution in [0.15, 0.2) is 4.79 Å². The molecule has 0 saturated heterocycles. The number of ketones is 2. The van der Waals surface area contributed by atoms with Crippen LogP contribution < -0.4 is 4.87 Å². The summed E-state index contributed by atoms with van der Waals surface area (Å²) in [6, 6.07) is 0. The van der Waals surface area contributed by atoms with E-state index in [1.54, 1.807) is 6.92 Å². The first-order valence-electron chi connectivity index (χ1n) is 7.20. The lowest BCUT2D eigenvalue weighted by Gasteiger charge is -2.05. The monoisotopic (exact) mass is 320 g/mol. The van der Waals surface area contributed by atoms with Crippen LogP contribution in [0.1, 0.15) is 56.5 Å². The van der Waals surface area contributed by atoms with E-state index in [1.807, 2.05) is 20.8 Å². The predicted octanol–water partition coefficient (Wildman–Crippen LogP) is 2.81. The molecule has 0 unspecified atom stereocenters. The Labute approximate surface area is 133 Å². The lowest BCUT2D eigenvalue weighted by Crippen LogP contribution is -2.21. The third kappa shape index (κ3) is 2.70. The molecule has 22 heavy (non-hydrogen) atoms. The fourth-order valence-corrected chi connectivity index (χ4v) is 3.57. The van der Waals surface area contributed by atoms with Crippen molar-refractivity contribution >= 4 is 22.9 Å². The fourth-order valence-electron chi connectivity index (χ4n) is 2.74. The molecule has 118 valence electrons. The van der Waals surface area contributed by atoms with Gasteiger partial charge in [-0.2, -0.15) is 0 Å². The van der Waals surface area contributed by atoms with Gasteiger partial charge in [0.25, 0.3) is 0 Å². The molecule has 2 aromatic heterocycles. The molecular formula is C16H20N2O3S. The molecule has 0 aliphatic rings. The Kier molecular flexibility index (Phi) is 4.51. The Bertz CT molecular complexity index is 808. The molecule has 0 aromatic carbocycles. The molecule has 0 saturated carbocycles. The van der Waals surface area contributed by atoms with E-state index in [1.165, 1.54) is 11.5 Å². The highest BCUT2D eigenvalue weighted by Crippen LogP contribution is 2.21. The molecule has 2 heterocycles. The van der Waals surface area contributed by atoms with Gasteiger partial charge in [0, 0.05) is 21.8 Å². The van der Waals surface area contributed by atoms with Gasteiger partial charge < -0.3 is 4.98 Å². The summed E-state index contributed by atoms with van der Waals surface area (Å²) in [4.78, 5) is 40.1. The summed E-state index contributed by atoms with van der Waals surface area (Å²) in [7, 11) is 0. The minimum absolute atomic E-state index is 0.000690. The van der Waals surface area contributed by atoms with E-state index in [0.29, 0.717) is 23.4 Å². The summed E-state index contributed by atoms with van der Waals surface area (Å²) < 4.78 is 1.49. The van der Waals surface area contributed by atoms with E-state index >= 15 is 0 Å². The SMILES string of the molecule is CCc1c(C(=O)Cn2c(C)c(C)sc2=O)[nH]c(C)c1C(C)=O. The van der Waals surface area contributed by atoms with Crippen LogP contribution in [0.4, 0.5) is 0 Å². The molecule has 0 amide bonds. The van der Waals surface area contributed by atoms with Gasteiger partial charge in [-0.05, 0) is 39.7 Å². The van der Waals surface area contributed by atoms with Gasteiger partial charge >= 0.3 is 4.87 Å². The number of H-pyrrole nitrogens is 1. The zero-order chi connectivity index (χ0) is 16.6. The number of Topliss-reactive ketones (excluding diaryl/α,β-unsaturated/α-hetero) is 2. The average molecular weight is 320 g/mol. The second kappa shape index (κ2) is 6.04. The van der Waals surface area contributed by atoms with Crippen LogP contribution in [0.2, 0.25) is 0 Å². The first-order valence-corrected chi connectivity index (χ1v) is 8.01. The molecule has 6 heteroatoms. The van der Waals surface area contributed by atoms with E-state index in [0.717, 1.165) is 27.5 Å². The number of hydrogen-bond donors (Lipinski definition) is 1. The maximum Gasteiger partial charge on any atom is 0.307 e. The van der Waals surface area contributed by atoms with Gasteiger partial charge in [0.15, 0.2) is 11.6 Å². The summed E-state index contributed by atoms with van der Waals surface area (Å²) >= 11 is 1.15. The van der Waals surface area contributed by atoms with Crippen LogP contribution in [0.5, 0.6) is 0 Å². The number of aromatic amines is 1. The Morgan fingerprint density at radius 3 is 2.32 bits per heavy atom. The number of aromatic nitrogens is 2. The van der Waals surface area contributed by atoms with Crippen molar-refractivity contribution in [2.75, 3.05) is 0 Å². The zero-order valence-electron chi connectivity index (χ0n) is 13.5. The van der Waals surface area contributed by atoms with Crippen LogP contribution >= 0.6 is 11.3 Å². The topological polar surface area (TPSA) is 71.9 Å². The number of nitrogens with one attached hydrogen (secondary N) is 1. The molecular weight excluding hydrogens is 300 g/mol. The standard InChI is InChI=1S/C16H20N2O3S/c1-6-12-14(10(4)19)8(2)17-15(12)13(20)7-18-9(3)11(5)22-16(18)21/h17H,6-7H2,1-5H3. The Morgan fingerprint density at radius 2 is 1.86 bits per heavy atom. The van der Waals surface area contributed by atoms with E-state index < -0.39 is 0 Å². The minimum Gasteiger partial charge on any atom is -0.355 e. The smallest absolute Gasteiger partial charge is 0.307 e. The first-order chi connectivity index (χ1) is 10.3. The maximum atomic E-state index is 12.6. The van der Waals surface area contributed by atoms with Crippen LogP contribution in [0, 0.1) is 20.8 Å². The summed E-state index contributed by atoms with van der Waals surface area (Å²) in [5.41, 5.74) is 3.30. The van der Waals surface area contributed by atoms with Gasteiger partial charge in [-0.1, -0.05) is 18.3 Å². The first kappa shape index (κ1) is 16.4. The van der Waals surface area contributed by atoms with Crippen molar-refractivity contribution < 1.29 is 9.59 Å². The van der Waals surface area contributed by atoms with Crippen LogP contribution in [0.25, 0.3) is 0 Å². The summed E-state index contributed by atoms with van der Waals surface area (Å²) in [5.74, 6) is -0.222. The molecule has 1 N–H and O–H groups in total.